The average molecular weight is 145 g/mol. The van der Waals surface area contributed by atoms with Crippen LogP contribution in [0.15, 0.2) is 0 Å². The van der Waals surface area contributed by atoms with E-state index >= 15 is 0 Å². The molecule has 0 aliphatic rings. The topological polar surface area (TPSA) is 40.5 Å². The third kappa shape index (κ3) is 2.82. The van der Waals surface area contributed by atoms with Crippen LogP contribution in [0, 0.1) is 0 Å². The summed E-state index contributed by atoms with van der Waals surface area (Å²) < 4.78 is 0. The number of aliphatic hydroxyl groups excluding tert-OH is 1. The lowest BCUT2D eigenvalue weighted by molar-refractivity contribution is -0.131. The Balaban J connectivity index is 3.68. The van der Waals surface area contributed by atoms with Gasteiger partial charge in [0.05, 0.1) is 6.61 Å². The van der Waals surface area contributed by atoms with Crippen molar-refractivity contribution in [2.45, 2.75) is 20.3 Å². The largest absolute Gasteiger partial charge is 0.395 e. The molecule has 0 aromatic rings. The highest BCUT2D eigenvalue weighted by molar-refractivity contribution is 5.75. The standard InChI is InChI=1S/C7H15NO2/c1-3-7(10)8(4-2)5-6-9/h9H,3-6H2,1-2H3. The Morgan fingerprint density at radius 2 is 2.10 bits per heavy atom. The van der Waals surface area contributed by atoms with E-state index in [4.69, 9.17) is 5.11 Å². The van der Waals surface area contributed by atoms with Gasteiger partial charge in [-0.05, 0) is 6.92 Å². The maximum absolute atomic E-state index is 10.9. The number of nitrogens with zero attached hydrogens (tertiary/aromatic N) is 1. The highest BCUT2D eigenvalue weighted by Gasteiger charge is 2.06. The molecule has 0 spiro atoms. The first-order valence-electron chi connectivity index (χ1n) is 3.64. The van der Waals surface area contributed by atoms with E-state index in [1.54, 1.807) is 4.90 Å². The van der Waals surface area contributed by atoms with Crippen LogP contribution in [-0.4, -0.2) is 35.6 Å². The zero-order valence-electron chi connectivity index (χ0n) is 6.63. The molecule has 0 aromatic heterocycles. The monoisotopic (exact) mass is 145 g/mol. The first-order valence-corrected chi connectivity index (χ1v) is 3.64. The summed E-state index contributed by atoms with van der Waals surface area (Å²) in [5, 5.41) is 8.52. The lowest BCUT2D eigenvalue weighted by atomic mass is 10.4. The van der Waals surface area contributed by atoms with Crippen molar-refractivity contribution in [1.82, 2.24) is 4.90 Å². The van der Waals surface area contributed by atoms with E-state index in [2.05, 4.69) is 0 Å². The molecule has 0 aliphatic carbocycles. The summed E-state index contributed by atoms with van der Waals surface area (Å²) in [7, 11) is 0. The Hall–Kier alpha value is -0.570. The summed E-state index contributed by atoms with van der Waals surface area (Å²) in [5.41, 5.74) is 0. The van der Waals surface area contributed by atoms with Gasteiger partial charge in [0.25, 0.3) is 0 Å². The maximum atomic E-state index is 10.9. The number of aliphatic hydroxyl groups is 1. The minimum atomic E-state index is 0.0551. The Labute approximate surface area is 61.6 Å². The quantitative estimate of drug-likeness (QED) is 0.615. The van der Waals surface area contributed by atoms with Crippen LogP contribution in [0.2, 0.25) is 0 Å². The van der Waals surface area contributed by atoms with Crippen molar-refractivity contribution in [3.8, 4) is 0 Å². The second-order valence-corrected chi connectivity index (χ2v) is 2.05. The third-order valence-electron chi connectivity index (χ3n) is 1.41. The highest BCUT2D eigenvalue weighted by atomic mass is 16.3. The summed E-state index contributed by atoms with van der Waals surface area (Å²) in [6.45, 7) is 4.93. The van der Waals surface area contributed by atoms with Crippen molar-refractivity contribution in [3.05, 3.63) is 0 Å². The zero-order valence-corrected chi connectivity index (χ0v) is 6.63. The van der Waals surface area contributed by atoms with Crippen LogP contribution >= 0.6 is 0 Å². The predicted octanol–water partition coefficient (Wildman–Crippen LogP) is 0.237. The summed E-state index contributed by atoms with van der Waals surface area (Å²) in [6.07, 6.45) is 0.522. The van der Waals surface area contributed by atoms with Gasteiger partial charge in [-0.1, -0.05) is 6.92 Å². The average Bonchev–Trinajstić information content (AvgIpc) is 1.99. The fourth-order valence-electron chi connectivity index (χ4n) is 0.803. The molecule has 10 heavy (non-hydrogen) atoms. The van der Waals surface area contributed by atoms with Gasteiger partial charge in [0.15, 0.2) is 0 Å². The summed E-state index contributed by atoms with van der Waals surface area (Å²) in [5.74, 6) is 0.108. The molecule has 3 heteroatoms. The van der Waals surface area contributed by atoms with Crippen molar-refractivity contribution >= 4 is 5.91 Å². The Kier molecular flexibility index (Phi) is 4.94. The Bertz CT molecular complexity index is 104. The molecule has 60 valence electrons. The Morgan fingerprint density at radius 1 is 1.50 bits per heavy atom. The van der Waals surface area contributed by atoms with Gasteiger partial charge in [-0.3, -0.25) is 4.79 Å². The van der Waals surface area contributed by atoms with Gasteiger partial charge in [0.2, 0.25) is 5.91 Å². The number of likely N-dealkylation sites (N-methyl/N-ethyl adjacent to an activating group) is 1. The molecule has 1 N–H and O–H groups in total. The molecule has 0 unspecified atom stereocenters. The van der Waals surface area contributed by atoms with E-state index in [1.807, 2.05) is 13.8 Å². The molecular formula is C7H15NO2. The van der Waals surface area contributed by atoms with Crippen molar-refractivity contribution < 1.29 is 9.90 Å². The van der Waals surface area contributed by atoms with Crippen LogP contribution in [0.3, 0.4) is 0 Å². The zero-order chi connectivity index (χ0) is 7.98. The van der Waals surface area contributed by atoms with Crippen molar-refractivity contribution in [2.75, 3.05) is 19.7 Å². The summed E-state index contributed by atoms with van der Waals surface area (Å²) >= 11 is 0. The number of carbonyl (C=O) groups excluding carboxylic acids is 1. The van der Waals surface area contributed by atoms with Gasteiger partial charge < -0.3 is 10.0 Å². The number of rotatable bonds is 4. The lowest BCUT2D eigenvalue weighted by Gasteiger charge is -2.18. The third-order valence-corrected chi connectivity index (χ3v) is 1.41. The Morgan fingerprint density at radius 3 is 2.40 bits per heavy atom. The molecule has 0 bridgehead atoms. The van der Waals surface area contributed by atoms with Crippen LogP contribution in [0.4, 0.5) is 0 Å². The predicted molar refractivity (Wildman–Crippen MR) is 39.6 cm³/mol. The molecule has 0 atom stereocenters. The normalized spacial score (nSPS) is 9.50. The molecule has 1 amide bonds. The first-order chi connectivity index (χ1) is 4.76. The SMILES string of the molecule is CCC(=O)N(CC)CCO. The van der Waals surface area contributed by atoms with Crippen LogP contribution in [0.1, 0.15) is 20.3 Å². The van der Waals surface area contributed by atoms with Gasteiger partial charge in [-0.2, -0.15) is 0 Å². The minimum Gasteiger partial charge on any atom is -0.395 e. The fraction of sp³-hybridized carbons (Fsp3) is 0.857. The van der Waals surface area contributed by atoms with Crippen LogP contribution in [0.5, 0.6) is 0 Å². The van der Waals surface area contributed by atoms with Gasteiger partial charge >= 0.3 is 0 Å². The van der Waals surface area contributed by atoms with Gasteiger partial charge in [0.1, 0.15) is 0 Å². The van der Waals surface area contributed by atoms with Crippen molar-refractivity contribution in [1.29, 1.82) is 0 Å². The molecule has 0 rings (SSSR count). The minimum absolute atomic E-state index is 0.0551. The molecular weight excluding hydrogens is 130 g/mol. The number of amides is 1. The molecule has 0 saturated carbocycles. The maximum Gasteiger partial charge on any atom is 0.222 e. The van der Waals surface area contributed by atoms with E-state index in [9.17, 15) is 4.79 Å². The van der Waals surface area contributed by atoms with Crippen LogP contribution < -0.4 is 0 Å². The van der Waals surface area contributed by atoms with E-state index in [0.717, 1.165) is 0 Å². The van der Waals surface area contributed by atoms with Crippen LogP contribution in [-0.2, 0) is 4.79 Å². The second kappa shape index (κ2) is 5.23. The second-order valence-electron chi connectivity index (χ2n) is 2.05. The summed E-state index contributed by atoms with van der Waals surface area (Å²) in [6, 6.07) is 0. The van der Waals surface area contributed by atoms with Crippen LogP contribution in [0.25, 0.3) is 0 Å². The number of hydrogen-bond acceptors (Lipinski definition) is 2. The molecule has 0 heterocycles. The van der Waals surface area contributed by atoms with Gasteiger partial charge in [0, 0.05) is 19.5 Å². The number of carbonyl (C=O) groups is 1. The molecule has 0 saturated heterocycles. The van der Waals surface area contributed by atoms with Crippen molar-refractivity contribution in [3.63, 3.8) is 0 Å². The molecule has 0 radical (unpaired) electrons. The molecule has 0 aliphatic heterocycles. The molecule has 0 fully saturated rings. The highest BCUT2D eigenvalue weighted by Crippen LogP contribution is 1.91. The van der Waals surface area contributed by atoms with Crippen molar-refractivity contribution in [2.24, 2.45) is 0 Å². The molecule has 0 aromatic carbocycles. The lowest BCUT2D eigenvalue weighted by Crippen LogP contribution is -2.32. The van der Waals surface area contributed by atoms with E-state index < -0.39 is 0 Å². The van der Waals surface area contributed by atoms with E-state index in [1.165, 1.54) is 0 Å². The van der Waals surface area contributed by atoms with E-state index in [-0.39, 0.29) is 12.5 Å². The molecule has 3 nitrogen and oxygen atoms in total. The fourth-order valence-corrected chi connectivity index (χ4v) is 0.803. The number of hydrogen-bond donors (Lipinski definition) is 1. The first kappa shape index (κ1) is 9.43. The van der Waals surface area contributed by atoms with Gasteiger partial charge in [-0.25, -0.2) is 0 Å². The smallest absolute Gasteiger partial charge is 0.222 e. The van der Waals surface area contributed by atoms with E-state index in [0.29, 0.717) is 19.5 Å². The van der Waals surface area contributed by atoms with Gasteiger partial charge in [-0.15, -0.1) is 0 Å². The summed E-state index contributed by atoms with van der Waals surface area (Å²) in [4.78, 5) is 12.6.